The van der Waals surface area contributed by atoms with E-state index in [0.29, 0.717) is 6.54 Å². The molecule has 1 heterocycles. The molecule has 1 atom stereocenters. The number of hydrogen-bond donors (Lipinski definition) is 2. The minimum absolute atomic E-state index is 0.0451. The van der Waals surface area contributed by atoms with E-state index in [-0.39, 0.29) is 28.1 Å². The van der Waals surface area contributed by atoms with Gasteiger partial charge in [-0.15, -0.1) is 6.58 Å². The number of carbonyl (C=O) groups excluding carboxylic acids is 1. The minimum Gasteiger partial charge on any atom is -0.478 e. The molecule has 0 aliphatic carbocycles. The Labute approximate surface area is 134 Å². The molecule has 0 saturated carbocycles. The molecule has 1 fully saturated rings. The molecular weight excluding hydrogens is 304 g/mol. The second kappa shape index (κ2) is 7.42. The highest BCUT2D eigenvalue weighted by Gasteiger charge is 2.24. The van der Waals surface area contributed by atoms with Gasteiger partial charge in [-0.2, -0.15) is 0 Å². The van der Waals surface area contributed by atoms with Crippen molar-refractivity contribution in [2.45, 2.75) is 18.9 Å². The molecule has 1 amide bonds. The maximum absolute atomic E-state index is 12.2. The van der Waals surface area contributed by atoms with Crippen molar-refractivity contribution in [2.24, 2.45) is 0 Å². The van der Waals surface area contributed by atoms with E-state index in [9.17, 15) is 9.59 Å². The number of nitrogens with one attached hydrogen (secondary N) is 1. The van der Waals surface area contributed by atoms with Gasteiger partial charge in [0.1, 0.15) is 0 Å². The SMILES string of the molecule is C=CCN1CCCC1CNC(=O)c1cc(C(=O)O)ccc1Cl. The predicted molar refractivity (Wildman–Crippen MR) is 85.5 cm³/mol. The van der Waals surface area contributed by atoms with E-state index in [1.165, 1.54) is 18.2 Å². The van der Waals surface area contributed by atoms with Crippen LogP contribution in [-0.4, -0.2) is 47.6 Å². The summed E-state index contributed by atoms with van der Waals surface area (Å²) in [6.45, 7) is 6.05. The summed E-state index contributed by atoms with van der Waals surface area (Å²) in [7, 11) is 0. The topological polar surface area (TPSA) is 69.6 Å². The molecule has 1 aliphatic heterocycles. The van der Waals surface area contributed by atoms with Crippen molar-refractivity contribution in [3.63, 3.8) is 0 Å². The number of carbonyl (C=O) groups is 2. The summed E-state index contributed by atoms with van der Waals surface area (Å²) in [5, 5.41) is 12.1. The summed E-state index contributed by atoms with van der Waals surface area (Å²) in [6, 6.07) is 4.39. The first-order valence-electron chi connectivity index (χ1n) is 7.19. The molecule has 5 nitrogen and oxygen atoms in total. The smallest absolute Gasteiger partial charge is 0.335 e. The Morgan fingerprint density at radius 2 is 2.27 bits per heavy atom. The molecule has 22 heavy (non-hydrogen) atoms. The van der Waals surface area contributed by atoms with E-state index in [4.69, 9.17) is 16.7 Å². The van der Waals surface area contributed by atoms with Crippen LogP contribution in [0.5, 0.6) is 0 Å². The highest BCUT2D eigenvalue weighted by Crippen LogP contribution is 2.19. The first-order valence-corrected chi connectivity index (χ1v) is 7.56. The molecule has 6 heteroatoms. The largest absolute Gasteiger partial charge is 0.478 e. The average Bonchev–Trinajstić information content (AvgIpc) is 2.92. The molecule has 118 valence electrons. The fourth-order valence-electron chi connectivity index (χ4n) is 2.67. The molecule has 1 aromatic carbocycles. The van der Waals surface area contributed by atoms with E-state index >= 15 is 0 Å². The van der Waals surface area contributed by atoms with Crippen molar-refractivity contribution in [3.05, 3.63) is 47.0 Å². The van der Waals surface area contributed by atoms with Crippen molar-refractivity contribution < 1.29 is 14.7 Å². The molecule has 1 saturated heterocycles. The molecule has 0 bridgehead atoms. The van der Waals surface area contributed by atoms with Crippen molar-refractivity contribution in [1.82, 2.24) is 10.2 Å². The first-order chi connectivity index (χ1) is 10.5. The van der Waals surface area contributed by atoms with Crippen LogP contribution in [0.2, 0.25) is 5.02 Å². The lowest BCUT2D eigenvalue weighted by Crippen LogP contribution is -2.40. The van der Waals surface area contributed by atoms with Gasteiger partial charge < -0.3 is 10.4 Å². The summed E-state index contributed by atoms with van der Waals surface area (Å²) >= 11 is 5.99. The van der Waals surface area contributed by atoms with Gasteiger partial charge in [-0.3, -0.25) is 9.69 Å². The van der Waals surface area contributed by atoms with Gasteiger partial charge in [-0.25, -0.2) is 4.79 Å². The molecule has 1 aromatic rings. The number of hydrogen-bond acceptors (Lipinski definition) is 3. The van der Waals surface area contributed by atoms with Crippen LogP contribution in [0.25, 0.3) is 0 Å². The Morgan fingerprint density at radius 3 is 2.95 bits per heavy atom. The Balaban J connectivity index is 2.01. The zero-order chi connectivity index (χ0) is 16.1. The van der Waals surface area contributed by atoms with E-state index in [1.54, 1.807) is 0 Å². The van der Waals surface area contributed by atoms with Gasteiger partial charge in [-0.1, -0.05) is 17.7 Å². The van der Waals surface area contributed by atoms with Gasteiger partial charge >= 0.3 is 5.97 Å². The molecule has 1 unspecified atom stereocenters. The monoisotopic (exact) mass is 322 g/mol. The van der Waals surface area contributed by atoms with E-state index in [0.717, 1.165) is 25.9 Å². The van der Waals surface area contributed by atoms with Crippen LogP contribution in [0.1, 0.15) is 33.6 Å². The first kappa shape index (κ1) is 16.5. The zero-order valence-corrected chi connectivity index (χ0v) is 13.0. The summed E-state index contributed by atoms with van der Waals surface area (Å²) in [5.41, 5.74) is 0.235. The highest BCUT2D eigenvalue weighted by atomic mass is 35.5. The second-order valence-electron chi connectivity index (χ2n) is 5.29. The lowest BCUT2D eigenvalue weighted by Gasteiger charge is -2.23. The fourth-order valence-corrected chi connectivity index (χ4v) is 2.87. The normalized spacial score (nSPS) is 18.1. The van der Waals surface area contributed by atoms with Crippen LogP contribution in [0.15, 0.2) is 30.9 Å². The number of amides is 1. The summed E-state index contributed by atoms with van der Waals surface area (Å²) in [5.74, 6) is -1.43. The Hall–Kier alpha value is -1.85. The quantitative estimate of drug-likeness (QED) is 0.789. The molecule has 0 radical (unpaired) electrons. The molecule has 1 aliphatic rings. The van der Waals surface area contributed by atoms with E-state index < -0.39 is 5.97 Å². The van der Waals surface area contributed by atoms with Gasteiger partial charge in [0.05, 0.1) is 16.1 Å². The summed E-state index contributed by atoms with van der Waals surface area (Å²) in [6.07, 6.45) is 3.98. The van der Waals surface area contributed by atoms with Crippen LogP contribution >= 0.6 is 11.6 Å². The number of aromatic carboxylic acids is 1. The van der Waals surface area contributed by atoms with Gasteiger partial charge in [-0.05, 0) is 37.6 Å². The van der Waals surface area contributed by atoms with Crippen LogP contribution < -0.4 is 5.32 Å². The van der Waals surface area contributed by atoms with Crippen molar-refractivity contribution in [3.8, 4) is 0 Å². The fraction of sp³-hybridized carbons (Fsp3) is 0.375. The van der Waals surface area contributed by atoms with Crippen molar-refractivity contribution in [1.29, 1.82) is 0 Å². The van der Waals surface area contributed by atoms with E-state index in [1.807, 2.05) is 6.08 Å². The molecule has 2 rings (SSSR count). The third kappa shape index (κ3) is 3.87. The molecule has 2 N–H and O–H groups in total. The van der Waals surface area contributed by atoms with Gasteiger partial charge in [0.25, 0.3) is 5.91 Å². The lowest BCUT2D eigenvalue weighted by molar-refractivity contribution is 0.0697. The van der Waals surface area contributed by atoms with Crippen molar-refractivity contribution >= 4 is 23.5 Å². The zero-order valence-electron chi connectivity index (χ0n) is 12.2. The molecule has 0 aromatic heterocycles. The van der Waals surface area contributed by atoms with Gasteiger partial charge in [0, 0.05) is 19.1 Å². The highest BCUT2D eigenvalue weighted by molar-refractivity contribution is 6.34. The third-order valence-electron chi connectivity index (χ3n) is 3.82. The van der Waals surface area contributed by atoms with Gasteiger partial charge in [0.15, 0.2) is 0 Å². The van der Waals surface area contributed by atoms with Crippen LogP contribution in [-0.2, 0) is 0 Å². The number of carboxylic acids is 1. The maximum Gasteiger partial charge on any atom is 0.335 e. The molecular formula is C16H19ClN2O3. The average molecular weight is 323 g/mol. The second-order valence-corrected chi connectivity index (χ2v) is 5.70. The number of halogens is 1. The third-order valence-corrected chi connectivity index (χ3v) is 4.15. The maximum atomic E-state index is 12.2. The lowest BCUT2D eigenvalue weighted by atomic mass is 10.1. The molecule has 0 spiro atoms. The summed E-state index contributed by atoms with van der Waals surface area (Å²) < 4.78 is 0. The van der Waals surface area contributed by atoms with Crippen LogP contribution in [0.4, 0.5) is 0 Å². The van der Waals surface area contributed by atoms with Crippen LogP contribution in [0, 0.1) is 0 Å². The Bertz CT molecular complexity index is 589. The number of nitrogens with zero attached hydrogens (tertiary/aromatic N) is 1. The summed E-state index contributed by atoms with van der Waals surface area (Å²) in [4.78, 5) is 25.5. The number of carboxylic acid groups (broad SMARTS) is 1. The van der Waals surface area contributed by atoms with Gasteiger partial charge in [0.2, 0.25) is 0 Å². The number of benzene rings is 1. The standard InChI is InChI=1S/C16H19ClN2O3/c1-2-7-19-8-3-4-12(19)10-18-15(20)13-9-11(16(21)22)5-6-14(13)17/h2,5-6,9,12H,1,3-4,7-8,10H2,(H,18,20)(H,21,22). The Kier molecular flexibility index (Phi) is 5.57. The van der Waals surface area contributed by atoms with Crippen molar-refractivity contribution in [2.75, 3.05) is 19.6 Å². The van der Waals surface area contributed by atoms with Crippen LogP contribution in [0.3, 0.4) is 0 Å². The minimum atomic E-state index is -1.08. The Morgan fingerprint density at radius 1 is 1.50 bits per heavy atom. The number of rotatable bonds is 6. The van der Waals surface area contributed by atoms with E-state index in [2.05, 4.69) is 16.8 Å². The number of likely N-dealkylation sites (tertiary alicyclic amines) is 1. The predicted octanol–water partition coefficient (Wildman–Crippen LogP) is 2.42.